The first-order valence-corrected chi connectivity index (χ1v) is 8.79. The van der Waals surface area contributed by atoms with E-state index in [1.54, 1.807) is 31.4 Å². The first-order valence-electron chi connectivity index (χ1n) is 8.79. The molecule has 0 fully saturated rings. The summed E-state index contributed by atoms with van der Waals surface area (Å²) in [6, 6.07) is 10.1. The largest absolute Gasteiger partial charge is 0.342 e. The van der Waals surface area contributed by atoms with Crippen molar-refractivity contribution in [1.29, 1.82) is 0 Å². The van der Waals surface area contributed by atoms with Crippen LogP contribution in [0.2, 0.25) is 0 Å². The lowest BCUT2D eigenvalue weighted by Crippen LogP contribution is -2.33. The van der Waals surface area contributed by atoms with Crippen molar-refractivity contribution in [2.75, 3.05) is 0 Å². The number of aromatic nitrogens is 4. The summed E-state index contributed by atoms with van der Waals surface area (Å²) in [5.41, 5.74) is 1.91. The molecular weight excluding hydrogens is 342 g/mol. The van der Waals surface area contributed by atoms with Crippen LogP contribution in [0.4, 0.5) is 0 Å². The lowest BCUT2D eigenvalue weighted by molar-refractivity contribution is 0.0922. The molecule has 0 saturated heterocycles. The van der Waals surface area contributed by atoms with Crippen molar-refractivity contribution in [2.45, 2.75) is 19.9 Å². The molecule has 1 amide bonds. The number of amides is 1. The Balaban J connectivity index is 1.80. The van der Waals surface area contributed by atoms with E-state index in [2.05, 4.69) is 15.4 Å². The highest BCUT2D eigenvalue weighted by Gasteiger charge is 2.22. The predicted molar refractivity (Wildman–Crippen MR) is 103 cm³/mol. The molecule has 27 heavy (non-hydrogen) atoms. The Kier molecular flexibility index (Phi) is 5.21. The van der Waals surface area contributed by atoms with Gasteiger partial charge in [-0.25, -0.2) is 9.67 Å². The van der Waals surface area contributed by atoms with Crippen LogP contribution in [0.15, 0.2) is 53.6 Å². The summed E-state index contributed by atoms with van der Waals surface area (Å²) in [4.78, 5) is 28.5. The van der Waals surface area contributed by atoms with Crippen LogP contribution in [-0.2, 0) is 14.1 Å². The Hall–Kier alpha value is -3.22. The molecule has 3 aromatic rings. The first-order chi connectivity index (χ1) is 12.9. The van der Waals surface area contributed by atoms with E-state index in [0.29, 0.717) is 11.3 Å². The van der Waals surface area contributed by atoms with Gasteiger partial charge in [0.2, 0.25) is 0 Å². The zero-order valence-corrected chi connectivity index (χ0v) is 15.9. The third-order valence-electron chi connectivity index (χ3n) is 4.49. The number of carbonyl (C=O) groups is 1. The van der Waals surface area contributed by atoms with Gasteiger partial charge in [0.05, 0.1) is 11.7 Å². The van der Waals surface area contributed by atoms with Crippen molar-refractivity contribution in [3.05, 3.63) is 70.5 Å². The average molecular weight is 365 g/mol. The minimum absolute atomic E-state index is 0.156. The average Bonchev–Trinajstić information content (AvgIpc) is 3.07. The maximum absolute atomic E-state index is 12.7. The summed E-state index contributed by atoms with van der Waals surface area (Å²) in [7, 11) is 3.52. The number of aryl methyl sites for hydroxylation is 2. The van der Waals surface area contributed by atoms with Crippen LogP contribution in [0, 0.1) is 5.92 Å². The van der Waals surface area contributed by atoms with Crippen molar-refractivity contribution in [3.63, 3.8) is 0 Å². The van der Waals surface area contributed by atoms with Crippen molar-refractivity contribution in [3.8, 4) is 11.3 Å². The van der Waals surface area contributed by atoms with Gasteiger partial charge in [-0.1, -0.05) is 26.0 Å². The van der Waals surface area contributed by atoms with E-state index in [1.165, 1.54) is 10.7 Å². The number of hydrogen-bond donors (Lipinski definition) is 1. The van der Waals surface area contributed by atoms with Gasteiger partial charge in [-0.15, -0.1) is 0 Å². The molecule has 0 aliphatic carbocycles. The molecule has 2 aromatic heterocycles. The molecular formula is C20H23N5O2. The second-order valence-electron chi connectivity index (χ2n) is 6.85. The summed E-state index contributed by atoms with van der Waals surface area (Å²) in [6.07, 6.45) is 3.59. The topological polar surface area (TPSA) is 81.8 Å². The predicted octanol–water partition coefficient (Wildman–Crippen LogP) is 2.31. The van der Waals surface area contributed by atoms with Crippen LogP contribution in [0.1, 0.15) is 36.1 Å². The number of nitrogens with zero attached hydrogens (tertiary/aromatic N) is 4. The summed E-state index contributed by atoms with van der Waals surface area (Å²) < 4.78 is 3.20. The molecule has 1 unspecified atom stereocenters. The maximum Gasteiger partial charge on any atom is 0.266 e. The Morgan fingerprint density at radius 2 is 1.78 bits per heavy atom. The third kappa shape index (κ3) is 3.97. The normalized spacial score (nSPS) is 12.2. The van der Waals surface area contributed by atoms with Gasteiger partial charge in [-0.3, -0.25) is 9.59 Å². The van der Waals surface area contributed by atoms with E-state index in [0.717, 1.165) is 11.4 Å². The van der Waals surface area contributed by atoms with Crippen LogP contribution < -0.4 is 10.9 Å². The first kappa shape index (κ1) is 18.6. The standard InChI is InChI=1S/C20H23N5O2/c1-13(2)18(19-21-11-12-24(19)3)22-20(27)15-7-5-14(6-8-15)16-9-10-17(26)25(4)23-16/h5-13,18H,1-4H3,(H,22,27). The number of benzene rings is 1. The van der Waals surface area contributed by atoms with E-state index < -0.39 is 0 Å². The van der Waals surface area contributed by atoms with E-state index in [4.69, 9.17) is 0 Å². The highest BCUT2D eigenvalue weighted by Crippen LogP contribution is 2.21. The van der Waals surface area contributed by atoms with E-state index in [-0.39, 0.29) is 23.4 Å². The molecule has 1 atom stereocenters. The second-order valence-corrected chi connectivity index (χ2v) is 6.85. The van der Waals surface area contributed by atoms with Crippen LogP contribution in [0.25, 0.3) is 11.3 Å². The van der Waals surface area contributed by atoms with Crippen molar-refractivity contribution >= 4 is 5.91 Å². The fourth-order valence-corrected chi connectivity index (χ4v) is 2.88. The quantitative estimate of drug-likeness (QED) is 0.752. The Labute approximate surface area is 157 Å². The van der Waals surface area contributed by atoms with Crippen molar-refractivity contribution in [1.82, 2.24) is 24.6 Å². The highest BCUT2D eigenvalue weighted by molar-refractivity contribution is 5.94. The monoisotopic (exact) mass is 365 g/mol. The summed E-state index contributed by atoms with van der Waals surface area (Å²) in [5, 5.41) is 7.29. The molecule has 1 aromatic carbocycles. The zero-order chi connectivity index (χ0) is 19.6. The van der Waals surface area contributed by atoms with Gasteiger partial charge in [0, 0.05) is 43.7 Å². The second kappa shape index (κ2) is 7.57. The molecule has 0 aliphatic rings. The van der Waals surface area contributed by atoms with Crippen LogP contribution in [-0.4, -0.2) is 25.2 Å². The van der Waals surface area contributed by atoms with E-state index in [1.807, 2.05) is 43.8 Å². The minimum Gasteiger partial charge on any atom is -0.342 e. The van der Waals surface area contributed by atoms with Crippen molar-refractivity contribution < 1.29 is 4.79 Å². The zero-order valence-electron chi connectivity index (χ0n) is 15.9. The molecule has 3 rings (SSSR count). The van der Waals surface area contributed by atoms with Crippen LogP contribution >= 0.6 is 0 Å². The van der Waals surface area contributed by atoms with Gasteiger partial charge in [0.25, 0.3) is 11.5 Å². The van der Waals surface area contributed by atoms with Gasteiger partial charge in [-0.2, -0.15) is 5.10 Å². The smallest absolute Gasteiger partial charge is 0.266 e. The number of nitrogens with one attached hydrogen (secondary N) is 1. The molecule has 0 radical (unpaired) electrons. The molecule has 2 heterocycles. The molecule has 140 valence electrons. The number of hydrogen-bond acceptors (Lipinski definition) is 4. The lowest BCUT2D eigenvalue weighted by atomic mass is 10.0. The number of rotatable bonds is 5. The van der Waals surface area contributed by atoms with Crippen LogP contribution in [0.3, 0.4) is 0 Å². The van der Waals surface area contributed by atoms with E-state index >= 15 is 0 Å². The fourth-order valence-electron chi connectivity index (χ4n) is 2.88. The minimum atomic E-state index is -0.178. The highest BCUT2D eigenvalue weighted by atomic mass is 16.1. The molecule has 0 aliphatic heterocycles. The molecule has 0 saturated carbocycles. The molecule has 0 bridgehead atoms. The molecule has 1 N–H and O–H groups in total. The summed E-state index contributed by atoms with van der Waals surface area (Å²) in [5.74, 6) is 0.866. The van der Waals surface area contributed by atoms with Gasteiger partial charge in [0.15, 0.2) is 0 Å². The Morgan fingerprint density at radius 3 is 2.33 bits per heavy atom. The van der Waals surface area contributed by atoms with Gasteiger partial charge in [0.1, 0.15) is 5.82 Å². The number of imidazole rings is 1. The van der Waals surface area contributed by atoms with Gasteiger partial charge < -0.3 is 9.88 Å². The molecule has 0 spiro atoms. The summed E-state index contributed by atoms with van der Waals surface area (Å²) in [6.45, 7) is 4.10. The third-order valence-corrected chi connectivity index (χ3v) is 4.49. The Bertz CT molecular complexity index is 1000. The fraction of sp³-hybridized carbons (Fsp3) is 0.300. The van der Waals surface area contributed by atoms with Crippen LogP contribution in [0.5, 0.6) is 0 Å². The molecule has 7 nitrogen and oxygen atoms in total. The summed E-state index contributed by atoms with van der Waals surface area (Å²) >= 11 is 0. The maximum atomic E-state index is 12.7. The van der Waals surface area contributed by atoms with Crippen molar-refractivity contribution in [2.24, 2.45) is 20.0 Å². The number of carbonyl (C=O) groups excluding carboxylic acids is 1. The van der Waals surface area contributed by atoms with Gasteiger partial charge in [-0.05, 0) is 24.1 Å². The van der Waals surface area contributed by atoms with Gasteiger partial charge >= 0.3 is 0 Å². The Morgan fingerprint density at radius 1 is 1.07 bits per heavy atom. The molecule has 7 heteroatoms. The SMILES string of the molecule is CC(C)C(NC(=O)c1ccc(-c2ccc(=O)n(C)n2)cc1)c1nccn1C. The lowest BCUT2D eigenvalue weighted by Gasteiger charge is -2.22. The van der Waals surface area contributed by atoms with E-state index in [9.17, 15) is 9.59 Å².